The maximum atomic E-state index is 6.10. The van der Waals surface area contributed by atoms with Gasteiger partial charge in [0.2, 0.25) is 11.8 Å². The van der Waals surface area contributed by atoms with Crippen molar-refractivity contribution in [3.8, 4) is 11.6 Å². The number of anilines is 2. The Bertz CT molecular complexity index is 794. The number of ether oxygens (including phenoxy) is 1. The van der Waals surface area contributed by atoms with Gasteiger partial charge in [0.25, 0.3) is 0 Å². The molecule has 0 aliphatic carbocycles. The highest BCUT2D eigenvalue weighted by atomic mass is 16.5. The minimum atomic E-state index is 0.403. The second-order valence-corrected chi connectivity index (χ2v) is 4.88. The summed E-state index contributed by atoms with van der Waals surface area (Å²) in [5, 5.41) is 0. The van der Waals surface area contributed by atoms with Crippen LogP contribution in [0.4, 0.5) is 11.6 Å². The summed E-state index contributed by atoms with van der Waals surface area (Å²) in [7, 11) is 5.57. The Morgan fingerprint density at radius 1 is 1.10 bits per heavy atom. The predicted octanol–water partition coefficient (Wildman–Crippen LogP) is 2.08. The summed E-state index contributed by atoms with van der Waals surface area (Å²) in [5.74, 6) is 0.936. The number of nitrogen functional groups attached to an aromatic ring is 1. The molecule has 6 heteroatoms. The largest absolute Gasteiger partial charge is 0.481 e. The highest BCUT2D eigenvalue weighted by molar-refractivity contribution is 5.80. The summed E-state index contributed by atoms with van der Waals surface area (Å²) in [6.45, 7) is 0. The Kier molecular flexibility index (Phi) is 3.13. The van der Waals surface area contributed by atoms with Crippen LogP contribution in [0, 0.1) is 0 Å². The van der Waals surface area contributed by atoms with Crippen LogP contribution in [-0.2, 0) is 0 Å². The van der Waals surface area contributed by atoms with E-state index in [0.717, 1.165) is 16.9 Å². The fourth-order valence-corrected chi connectivity index (χ4v) is 2.34. The zero-order chi connectivity index (χ0) is 15.0. The van der Waals surface area contributed by atoms with E-state index in [-0.39, 0.29) is 0 Å². The third kappa shape index (κ3) is 2.14. The number of pyridine rings is 1. The molecule has 2 aromatic heterocycles. The van der Waals surface area contributed by atoms with Gasteiger partial charge in [0.15, 0.2) is 5.65 Å². The zero-order valence-electron chi connectivity index (χ0n) is 12.2. The Balaban J connectivity index is 2.32. The van der Waals surface area contributed by atoms with Crippen LogP contribution in [0.1, 0.15) is 0 Å². The topological polar surface area (TPSA) is 69.2 Å². The molecule has 0 radical (unpaired) electrons. The molecular weight excluding hydrogens is 266 g/mol. The van der Waals surface area contributed by atoms with Gasteiger partial charge in [0, 0.05) is 20.2 Å². The molecule has 3 aromatic rings. The fraction of sp³-hybridized carbons (Fsp3) is 0.200. The van der Waals surface area contributed by atoms with Crippen molar-refractivity contribution < 1.29 is 4.74 Å². The number of methoxy groups -OCH3 is 1. The van der Waals surface area contributed by atoms with E-state index in [9.17, 15) is 0 Å². The number of hydrogen-bond donors (Lipinski definition) is 1. The molecule has 0 aliphatic heterocycles. The number of rotatable bonds is 3. The first kappa shape index (κ1) is 13.2. The maximum Gasteiger partial charge on any atom is 0.215 e. The van der Waals surface area contributed by atoms with Crippen molar-refractivity contribution in [1.29, 1.82) is 0 Å². The van der Waals surface area contributed by atoms with Gasteiger partial charge in [-0.1, -0.05) is 12.1 Å². The van der Waals surface area contributed by atoms with Crippen molar-refractivity contribution in [1.82, 2.24) is 14.5 Å². The minimum Gasteiger partial charge on any atom is -0.481 e. The third-order valence-corrected chi connectivity index (χ3v) is 3.32. The summed E-state index contributed by atoms with van der Waals surface area (Å²) in [6.07, 6.45) is 0. The van der Waals surface area contributed by atoms with Crippen molar-refractivity contribution in [2.45, 2.75) is 0 Å². The molecule has 21 heavy (non-hydrogen) atoms. The molecule has 0 atom stereocenters. The minimum absolute atomic E-state index is 0.403. The number of fused-ring (bicyclic) bond motifs is 1. The molecule has 0 unspecified atom stereocenters. The number of nitrogens with two attached hydrogens (primary N) is 1. The lowest BCUT2D eigenvalue weighted by Crippen LogP contribution is -2.13. The van der Waals surface area contributed by atoms with Crippen molar-refractivity contribution >= 4 is 22.8 Å². The van der Waals surface area contributed by atoms with Crippen LogP contribution in [0.3, 0.4) is 0 Å². The molecule has 0 saturated heterocycles. The van der Waals surface area contributed by atoms with Crippen LogP contribution in [0.15, 0.2) is 36.4 Å². The van der Waals surface area contributed by atoms with E-state index in [1.54, 1.807) is 13.2 Å². The molecular formula is C15H17N5O. The molecule has 0 amide bonds. The first-order chi connectivity index (χ1) is 10.1. The van der Waals surface area contributed by atoms with Crippen molar-refractivity contribution in [3.63, 3.8) is 0 Å². The number of imidazole rings is 1. The van der Waals surface area contributed by atoms with Gasteiger partial charge >= 0.3 is 0 Å². The highest BCUT2D eigenvalue weighted by Crippen LogP contribution is 2.29. The molecule has 1 aromatic carbocycles. The summed E-state index contributed by atoms with van der Waals surface area (Å²) < 4.78 is 7.04. The number of benzene rings is 1. The number of hydrogen-bond acceptors (Lipinski definition) is 5. The van der Waals surface area contributed by atoms with Crippen molar-refractivity contribution in [3.05, 3.63) is 36.4 Å². The first-order valence-corrected chi connectivity index (χ1v) is 6.57. The lowest BCUT2D eigenvalue weighted by Gasteiger charge is -2.18. The van der Waals surface area contributed by atoms with Crippen LogP contribution >= 0.6 is 0 Å². The molecule has 0 bridgehead atoms. The molecule has 0 fully saturated rings. The smallest absolute Gasteiger partial charge is 0.215 e. The molecule has 108 valence electrons. The van der Waals surface area contributed by atoms with Gasteiger partial charge in [0.05, 0.1) is 18.5 Å². The van der Waals surface area contributed by atoms with Gasteiger partial charge in [0.1, 0.15) is 5.52 Å². The van der Waals surface area contributed by atoms with E-state index in [1.807, 2.05) is 53.9 Å². The van der Waals surface area contributed by atoms with E-state index in [0.29, 0.717) is 17.5 Å². The summed E-state index contributed by atoms with van der Waals surface area (Å²) >= 11 is 0. The van der Waals surface area contributed by atoms with Crippen LogP contribution in [-0.4, -0.2) is 35.7 Å². The fourth-order valence-electron chi connectivity index (χ4n) is 2.34. The Labute approximate surface area is 122 Å². The van der Waals surface area contributed by atoms with Crippen molar-refractivity contribution in [2.75, 3.05) is 31.8 Å². The van der Waals surface area contributed by atoms with Gasteiger partial charge in [-0.15, -0.1) is 0 Å². The Morgan fingerprint density at radius 2 is 1.86 bits per heavy atom. The molecule has 6 nitrogen and oxygen atoms in total. The van der Waals surface area contributed by atoms with Crippen molar-refractivity contribution in [2.24, 2.45) is 0 Å². The second kappa shape index (κ2) is 4.97. The number of nitrogens with zero attached hydrogens (tertiary/aromatic N) is 4. The zero-order valence-corrected chi connectivity index (χ0v) is 12.2. The normalized spacial score (nSPS) is 10.8. The lowest BCUT2D eigenvalue weighted by atomic mass is 10.2. The van der Waals surface area contributed by atoms with Gasteiger partial charge < -0.3 is 15.4 Å². The van der Waals surface area contributed by atoms with Crippen LogP contribution in [0.5, 0.6) is 5.88 Å². The average molecular weight is 283 g/mol. The molecule has 0 saturated carbocycles. The third-order valence-electron chi connectivity index (χ3n) is 3.32. The SMILES string of the molecule is COc1ccc2nc(N)n(-c3ccccc3N(C)C)c2n1. The molecule has 2 heterocycles. The van der Waals surface area contributed by atoms with Crippen LogP contribution in [0.25, 0.3) is 16.9 Å². The summed E-state index contributed by atoms with van der Waals surface area (Å²) in [5.41, 5.74) is 9.49. The standard InChI is InChI=1S/C15H17N5O/c1-19(2)11-6-4-5-7-12(11)20-14-10(17-15(20)16)8-9-13(18-14)21-3/h4-9H,1-3H3,(H2,16,17). The maximum absolute atomic E-state index is 6.10. The quantitative estimate of drug-likeness (QED) is 0.797. The second-order valence-electron chi connectivity index (χ2n) is 4.88. The lowest BCUT2D eigenvalue weighted by molar-refractivity contribution is 0.399. The highest BCUT2D eigenvalue weighted by Gasteiger charge is 2.15. The van der Waals surface area contributed by atoms with Gasteiger partial charge in [-0.3, -0.25) is 4.57 Å². The molecule has 0 spiro atoms. The van der Waals surface area contributed by atoms with Gasteiger partial charge in [-0.2, -0.15) is 4.98 Å². The molecule has 0 aliphatic rings. The van der Waals surface area contributed by atoms with E-state index >= 15 is 0 Å². The number of aromatic nitrogens is 3. The van der Waals surface area contributed by atoms with Crippen LogP contribution < -0.4 is 15.4 Å². The van der Waals surface area contributed by atoms with E-state index < -0.39 is 0 Å². The first-order valence-electron chi connectivity index (χ1n) is 6.57. The van der Waals surface area contributed by atoms with E-state index in [4.69, 9.17) is 10.5 Å². The van der Waals surface area contributed by atoms with Crippen LogP contribution in [0.2, 0.25) is 0 Å². The monoisotopic (exact) mass is 283 g/mol. The predicted molar refractivity (Wildman–Crippen MR) is 84.2 cm³/mol. The Hall–Kier alpha value is -2.76. The summed E-state index contributed by atoms with van der Waals surface area (Å²) in [6, 6.07) is 11.6. The van der Waals surface area contributed by atoms with Gasteiger partial charge in [-0.25, -0.2) is 4.98 Å². The number of para-hydroxylation sites is 2. The van der Waals surface area contributed by atoms with Gasteiger partial charge in [-0.05, 0) is 18.2 Å². The Morgan fingerprint density at radius 3 is 2.57 bits per heavy atom. The molecule has 3 rings (SSSR count). The summed E-state index contributed by atoms with van der Waals surface area (Å²) in [4.78, 5) is 10.9. The van der Waals surface area contributed by atoms with E-state index in [2.05, 4.69) is 9.97 Å². The molecule has 2 N–H and O–H groups in total. The average Bonchev–Trinajstić information content (AvgIpc) is 2.81. The van der Waals surface area contributed by atoms with E-state index in [1.165, 1.54) is 0 Å².